The summed E-state index contributed by atoms with van der Waals surface area (Å²) in [6, 6.07) is 0. The van der Waals surface area contributed by atoms with Gasteiger partial charge >= 0.3 is 0 Å². The number of nitrogens with one attached hydrogen (secondary N) is 1. The zero-order valence-electron chi connectivity index (χ0n) is 11.3. The second kappa shape index (κ2) is 6.14. The number of hydrogen-bond acceptors (Lipinski definition) is 4. The average molecular weight is 281 g/mol. The fourth-order valence-electron chi connectivity index (χ4n) is 2.13. The second-order valence-electron chi connectivity index (χ2n) is 4.88. The van der Waals surface area contributed by atoms with Crippen molar-refractivity contribution in [3.8, 4) is 0 Å². The monoisotopic (exact) mass is 281 g/mol. The van der Waals surface area contributed by atoms with Crippen molar-refractivity contribution in [2.24, 2.45) is 5.92 Å². The Morgan fingerprint density at radius 1 is 1.63 bits per heavy atom. The van der Waals surface area contributed by atoms with E-state index < -0.39 is 0 Å². The maximum Gasteiger partial charge on any atom is 0.231 e. The highest BCUT2D eigenvalue weighted by atomic mass is 32.1. The standard InChI is InChI=1S/C13H19N3O2S/c1-3-4-5-16-7-10(6-11(16)17)12(18)15-13-14-9(2)8-19-13/h8,10H,3-7H2,1-2H3,(H,14,15,18)/t10-/m1/s1. The van der Waals surface area contributed by atoms with Gasteiger partial charge in [-0.15, -0.1) is 11.3 Å². The molecule has 1 N–H and O–H groups in total. The summed E-state index contributed by atoms with van der Waals surface area (Å²) in [5.41, 5.74) is 0.896. The zero-order valence-corrected chi connectivity index (χ0v) is 12.1. The first-order chi connectivity index (χ1) is 9.10. The number of thiazole rings is 1. The van der Waals surface area contributed by atoms with Crippen molar-refractivity contribution in [1.29, 1.82) is 0 Å². The van der Waals surface area contributed by atoms with Crippen LogP contribution >= 0.6 is 11.3 Å². The van der Waals surface area contributed by atoms with Gasteiger partial charge in [-0.2, -0.15) is 0 Å². The fraction of sp³-hybridized carbons (Fsp3) is 0.615. The van der Waals surface area contributed by atoms with Crippen LogP contribution < -0.4 is 5.32 Å². The fourth-order valence-corrected chi connectivity index (χ4v) is 2.82. The van der Waals surface area contributed by atoms with E-state index in [1.807, 2.05) is 12.3 Å². The number of nitrogens with zero attached hydrogens (tertiary/aromatic N) is 2. The molecule has 0 spiro atoms. The van der Waals surface area contributed by atoms with Gasteiger partial charge in [0.1, 0.15) is 0 Å². The van der Waals surface area contributed by atoms with Crippen molar-refractivity contribution < 1.29 is 9.59 Å². The summed E-state index contributed by atoms with van der Waals surface area (Å²) in [6.07, 6.45) is 2.37. The van der Waals surface area contributed by atoms with Crippen molar-refractivity contribution in [3.05, 3.63) is 11.1 Å². The van der Waals surface area contributed by atoms with Crippen LogP contribution in [0, 0.1) is 12.8 Å². The minimum atomic E-state index is -0.242. The van der Waals surface area contributed by atoms with Crippen LogP contribution in [-0.4, -0.2) is 34.8 Å². The molecule has 0 unspecified atom stereocenters. The summed E-state index contributed by atoms with van der Waals surface area (Å²) in [7, 11) is 0. The first-order valence-corrected chi connectivity index (χ1v) is 7.49. The van der Waals surface area contributed by atoms with Crippen LogP contribution in [-0.2, 0) is 9.59 Å². The van der Waals surface area contributed by atoms with Crippen LogP contribution in [0.3, 0.4) is 0 Å². The third-order valence-corrected chi connectivity index (χ3v) is 4.09. The number of hydrogen-bond donors (Lipinski definition) is 1. The predicted molar refractivity (Wildman–Crippen MR) is 75.1 cm³/mol. The Morgan fingerprint density at radius 3 is 3.05 bits per heavy atom. The largest absolute Gasteiger partial charge is 0.342 e. The Hall–Kier alpha value is -1.43. The molecule has 1 fully saturated rings. The van der Waals surface area contributed by atoms with Crippen molar-refractivity contribution in [3.63, 3.8) is 0 Å². The van der Waals surface area contributed by atoms with E-state index >= 15 is 0 Å². The lowest BCUT2D eigenvalue weighted by Gasteiger charge is -2.15. The quantitative estimate of drug-likeness (QED) is 0.898. The highest BCUT2D eigenvalue weighted by Gasteiger charge is 2.34. The van der Waals surface area contributed by atoms with Gasteiger partial charge in [0.2, 0.25) is 11.8 Å². The number of carbonyl (C=O) groups excluding carboxylic acids is 2. The maximum atomic E-state index is 12.1. The molecule has 0 saturated carbocycles. The van der Waals surface area contributed by atoms with Crippen LogP contribution in [0.15, 0.2) is 5.38 Å². The summed E-state index contributed by atoms with van der Waals surface area (Å²) in [5.74, 6) is -0.251. The van der Waals surface area contributed by atoms with Gasteiger partial charge < -0.3 is 10.2 Å². The molecule has 2 rings (SSSR count). The van der Waals surface area contributed by atoms with Crippen molar-refractivity contribution in [2.45, 2.75) is 33.1 Å². The first-order valence-electron chi connectivity index (χ1n) is 6.61. The van der Waals surface area contributed by atoms with E-state index in [1.54, 1.807) is 4.90 Å². The molecule has 5 nitrogen and oxygen atoms in total. The van der Waals surface area contributed by atoms with E-state index in [0.29, 0.717) is 18.1 Å². The van der Waals surface area contributed by atoms with Crippen LogP contribution in [0.4, 0.5) is 5.13 Å². The molecule has 0 aromatic carbocycles. The lowest BCUT2D eigenvalue weighted by Crippen LogP contribution is -2.29. The highest BCUT2D eigenvalue weighted by Crippen LogP contribution is 2.21. The molecule has 1 aliphatic heterocycles. The van der Waals surface area contributed by atoms with Gasteiger partial charge in [-0.25, -0.2) is 4.98 Å². The Labute approximate surface area is 117 Å². The Balaban J connectivity index is 1.89. The SMILES string of the molecule is CCCCN1C[C@H](C(=O)Nc2nc(C)cs2)CC1=O. The molecule has 0 bridgehead atoms. The molecule has 0 aliphatic carbocycles. The first kappa shape index (κ1) is 14.0. The van der Waals surface area contributed by atoms with Crippen molar-refractivity contribution in [1.82, 2.24) is 9.88 Å². The molecule has 1 saturated heterocycles. The minimum absolute atomic E-state index is 0.0870. The molecule has 19 heavy (non-hydrogen) atoms. The zero-order chi connectivity index (χ0) is 13.8. The van der Waals surface area contributed by atoms with E-state index in [9.17, 15) is 9.59 Å². The van der Waals surface area contributed by atoms with Gasteiger partial charge in [0, 0.05) is 24.9 Å². The molecule has 2 heterocycles. The number of amides is 2. The third kappa shape index (κ3) is 3.53. The molecule has 1 aromatic heterocycles. The molecule has 104 valence electrons. The van der Waals surface area contributed by atoms with Gasteiger partial charge in [0.15, 0.2) is 5.13 Å². The van der Waals surface area contributed by atoms with Crippen LogP contribution in [0.5, 0.6) is 0 Å². The smallest absolute Gasteiger partial charge is 0.231 e. The van der Waals surface area contributed by atoms with Gasteiger partial charge in [-0.05, 0) is 13.3 Å². The molecular weight excluding hydrogens is 262 g/mol. The number of likely N-dealkylation sites (tertiary alicyclic amines) is 1. The topological polar surface area (TPSA) is 62.3 Å². The minimum Gasteiger partial charge on any atom is -0.342 e. The van der Waals surface area contributed by atoms with Crippen molar-refractivity contribution in [2.75, 3.05) is 18.4 Å². The number of anilines is 1. The molecule has 1 aromatic rings. The molecule has 1 aliphatic rings. The second-order valence-corrected chi connectivity index (χ2v) is 5.74. The number of rotatable bonds is 5. The maximum absolute atomic E-state index is 12.1. The van der Waals surface area contributed by atoms with E-state index in [2.05, 4.69) is 17.2 Å². The Morgan fingerprint density at radius 2 is 2.42 bits per heavy atom. The summed E-state index contributed by atoms with van der Waals surface area (Å²) in [4.78, 5) is 29.8. The summed E-state index contributed by atoms with van der Waals surface area (Å²) in [5, 5.41) is 5.30. The lowest BCUT2D eigenvalue weighted by molar-refractivity contribution is -0.128. The van der Waals surface area contributed by atoms with Gasteiger partial charge in [-0.1, -0.05) is 13.3 Å². The third-order valence-electron chi connectivity index (χ3n) is 3.22. The number of unbranched alkanes of at least 4 members (excludes halogenated alkanes) is 1. The molecule has 6 heteroatoms. The summed E-state index contributed by atoms with van der Waals surface area (Å²) in [6.45, 7) is 5.28. The van der Waals surface area contributed by atoms with Gasteiger partial charge in [-0.3, -0.25) is 9.59 Å². The highest BCUT2D eigenvalue weighted by molar-refractivity contribution is 7.13. The van der Waals surface area contributed by atoms with Gasteiger partial charge in [0.05, 0.1) is 11.6 Å². The van der Waals surface area contributed by atoms with E-state index in [4.69, 9.17) is 0 Å². The molecular formula is C13H19N3O2S. The van der Waals surface area contributed by atoms with Crippen LogP contribution in [0.1, 0.15) is 31.9 Å². The molecule has 0 radical (unpaired) electrons. The van der Waals surface area contributed by atoms with Crippen LogP contribution in [0.25, 0.3) is 0 Å². The molecule has 1 atom stereocenters. The summed E-state index contributed by atoms with van der Waals surface area (Å²) >= 11 is 1.41. The van der Waals surface area contributed by atoms with Crippen LogP contribution in [0.2, 0.25) is 0 Å². The number of carbonyl (C=O) groups is 2. The number of aromatic nitrogens is 1. The van der Waals surface area contributed by atoms with E-state index in [1.165, 1.54) is 11.3 Å². The number of aryl methyl sites for hydroxylation is 1. The Kier molecular flexibility index (Phi) is 4.52. The van der Waals surface area contributed by atoms with Crippen molar-refractivity contribution >= 4 is 28.3 Å². The van der Waals surface area contributed by atoms with E-state index in [0.717, 1.165) is 25.1 Å². The predicted octanol–water partition coefficient (Wildman–Crippen LogP) is 2.04. The summed E-state index contributed by atoms with van der Waals surface area (Å²) < 4.78 is 0. The van der Waals surface area contributed by atoms with E-state index in [-0.39, 0.29) is 17.7 Å². The normalized spacial score (nSPS) is 18.9. The molecule has 2 amide bonds. The van der Waals surface area contributed by atoms with Gasteiger partial charge in [0.25, 0.3) is 0 Å². The Bertz CT molecular complexity index is 472. The average Bonchev–Trinajstić information content (AvgIpc) is 2.93. The lowest BCUT2D eigenvalue weighted by atomic mass is 10.1.